The number of nitrogens with one attached hydrogen (secondary N) is 1. The number of nitrogens with zero attached hydrogens (tertiary/aromatic N) is 3. The number of benzene rings is 2. The monoisotopic (exact) mass is 424 g/mol. The summed E-state index contributed by atoms with van der Waals surface area (Å²) in [7, 11) is 1.54. The summed E-state index contributed by atoms with van der Waals surface area (Å²) in [5, 5.41) is 7.07. The number of hydrogen-bond acceptors (Lipinski definition) is 5. The molecule has 0 atom stereocenters. The highest BCUT2D eigenvalue weighted by atomic mass is 19.3. The van der Waals surface area contributed by atoms with Crippen LogP contribution in [0.1, 0.15) is 16.1 Å². The normalized spacial score (nSPS) is 11.0. The number of halogens is 2. The van der Waals surface area contributed by atoms with Crippen molar-refractivity contribution in [3.8, 4) is 22.6 Å². The van der Waals surface area contributed by atoms with Crippen LogP contribution in [0, 0.1) is 6.92 Å². The fourth-order valence-corrected chi connectivity index (χ4v) is 3.26. The lowest BCUT2D eigenvalue weighted by molar-refractivity contribution is -0.0494. The molecule has 0 saturated carbocycles. The van der Waals surface area contributed by atoms with Crippen molar-refractivity contribution in [3.63, 3.8) is 0 Å². The number of ether oxygens (including phenoxy) is 2. The Kier molecular flexibility index (Phi) is 5.48. The summed E-state index contributed by atoms with van der Waals surface area (Å²) < 4.78 is 37.1. The molecule has 0 radical (unpaired) electrons. The Hall–Kier alpha value is -4.01. The van der Waals surface area contributed by atoms with E-state index in [4.69, 9.17) is 4.74 Å². The Bertz CT molecular complexity index is 1240. The molecule has 4 rings (SSSR count). The third-order valence-electron chi connectivity index (χ3n) is 4.65. The molecule has 9 heteroatoms. The Morgan fingerprint density at radius 2 is 1.94 bits per heavy atom. The van der Waals surface area contributed by atoms with Crippen molar-refractivity contribution in [2.45, 2.75) is 13.5 Å². The predicted octanol–water partition coefficient (Wildman–Crippen LogP) is 4.57. The topological polar surface area (TPSA) is 77.8 Å². The maximum absolute atomic E-state index is 12.9. The summed E-state index contributed by atoms with van der Waals surface area (Å²) >= 11 is 0. The van der Waals surface area contributed by atoms with Gasteiger partial charge in [0.25, 0.3) is 5.91 Å². The second kappa shape index (κ2) is 8.39. The number of rotatable bonds is 6. The molecule has 0 aliphatic carbocycles. The fourth-order valence-electron chi connectivity index (χ4n) is 3.26. The van der Waals surface area contributed by atoms with Crippen molar-refractivity contribution in [1.82, 2.24) is 14.6 Å². The van der Waals surface area contributed by atoms with Gasteiger partial charge < -0.3 is 14.8 Å². The van der Waals surface area contributed by atoms with Crippen molar-refractivity contribution in [2.24, 2.45) is 0 Å². The van der Waals surface area contributed by atoms with Gasteiger partial charge in [0.2, 0.25) is 0 Å². The first-order valence-electron chi connectivity index (χ1n) is 9.31. The van der Waals surface area contributed by atoms with Crippen LogP contribution >= 0.6 is 0 Å². The molecule has 1 amide bonds. The Morgan fingerprint density at radius 1 is 1.16 bits per heavy atom. The summed E-state index contributed by atoms with van der Waals surface area (Å²) in [5.74, 6) is 0.210. The van der Waals surface area contributed by atoms with Crippen LogP contribution in [0.15, 0.2) is 60.9 Å². The number of aryl methyl sites for hydroxylation is 1. The average molecular weight is 424 g/mol. The van der Waals surface area contributed by atoms with Crippen molar-refractivity contribution in [3.05, 3.63) is 72.2 Å². The summed E-state index contributed by atoms with van der Waals surface area (Å²) in [5.41, 5.74) is 2.71. The van der Waals surface area contributed by atoms with E-state index in [2.05, 4.69) is 20.1 Å². The second-order valence-corrected chi connectivity index (χ2v) is 6.62. The molecule has 158 valence electrons. The summed E-state index contributed by atoms with van der Waals surface area (Å²) in [6, 6.07) is 13.0. The van der Waals surface area contributed by atoms with E-state index in [-0.39, 0.29) is 5.75 Å². The summed E-state index contributed by atoms with van der Waals surface area (Å²) in [6.45, 7) is -1.27. The van der Waals surface area contributed by atoms with E-state index in [9.17, 15) is 13.6 Å². The number of carbonyl (C=O) groups is 1. The van der Waals surface area contributed by atoms with Gasteiger partial charge in [-0.05, 0) is 48.9 Å². The average Bonchev–Trinajstić information content (AvgIpc) is 3.10. The molecule has 31 heavy (non-hydrogen) atoms. The maximum Gasteiger partial charge on any atom is 0.387 e. The van der Waals surface area contributed by atoms with Crippen molar-refractivity contribution in [1.29, 1.82) is 0 Å². The lowest BCUT2D eigenvalue weighted by atomic mass is 10.0. The highest BCUT2D eigenvalue weighted by molar-refractivity contribution is 6.09. The van der Waals surface area contributed by atoms with Crippen molar-refractivity contribution < 1.29 is 23.0 Å². The quantitative estimate of drug-likeness (QED) is 0.491. The van der Waals surface area contributed by atoms with Crippen LogP contribution in [0.2, 0.25) is 0 Å². The second-order valence-electron chi connectivity index (χ2n) is 6.62. The third kappa shape index (κ3) is 4.16. The zero-order valence-electron chi connectivity index (χ0n) is 16.7. The van der Waals surface area contributed by atoms with Gasteiger partial charge in [0.1, 0.15) is 17.1 Å². The number of fused-ring (bicyclic) bond motifs is 1. The van der Waals surface area contributed by atoms with Gasteiger partial charge in [-0.15, -0.1) is 0 Å². The number of hydrogen-bond donors (Lipinski definition) is 1. The molecule has 0 bridgehead atoms. The molecule has 2 heterocycles. The lowest BCUT2D eigenvalue weighted by Gasteiger charge is -2.14. The van der Waals surface area contributed by atoms with E-state index in [0.717, 1.165) is 0 Å². The highest BCUT2D eigenvalue weighted by Gasteiger charge is 2.19. The van der Waals surface area contributed by atoms with Gasteiger partial charge in [-0.1, -0.05) is 12.1 Å². The summed E-state index contributed by atoms with van der Waals surface area (Å²) in [6.07, 6.45) is 3.27. The van der Waals surface area contributed by atoms with Crippen LogP contribution < -0.4 is 14.8 Å². The van der Waals surface area contributed by atoms with Gasteiger partial charge in [-0.3, -0.25) is 4.79 Å². The van der Waals surface area contributed by atoms with Gasteiger partial charge in [0.15, 0.2) is 5.65 Å². The fraction of sp³-hybridized carbons (Fsp3) is 0.136. The van der Waals surface area contributed by atoms with Crippen LogP contribution in [-0.2, 0) is 0 Å². The van der Waals surface area contributed by atoms with Gasteiger partial charge in [-0.2, -0.15) is 13.9 Å². The van der Waals surface area contributed by atoms with E-state index in [1.807, 2.05) is 0 Å². The molecule has 0 aliphatic heterocycles. The van der Waals surface area contributed by atoms with Crippen LogP contribution in [-0.4, -0.2) is 34.2 Å². The first-order chi connectivity index (χ1) is 15.0. The minimum Gasteiger partial charge on any atom is -0.497 e. The number of methoxy groups -OCH3 is 1. The van der Waals surface area contributed by atoms with Crippen LogP contribution in [0.5, 0.6) is 11.5 Å². The number of anilines is 1. The van der Waals surface area contributed by atoms with E-state index in [1.54, 1.807) is 55.7 Å². The van der Waals surface area contributed by atoms with E-state index in [1.165, 1.54) is 23.8 Å². The standard InChI is InChI=1S/C22H18F2N4O3/c1-13-19(20-25-10-3-11-28(20)27-13)21(29)26-15-6-9-18(31-22(23)24)17(12-15)14-4-7-16(30-2)8-5-14/h3-12,22H,1-2H3,(H,26,29). The molecule has 0 saturated heterocycles. The van der Waals surface area contributed by atoms with Gasteiger partial charge in [0.05, 0.1) is 12.8 Å². The van der Waals surface area contributed by atoms with Gasteiger partial charge in [-0.25, -0.2) is 9.50 Å². The molecule has 0 unspecified atom stereocenters. The zero-order chi connectivity index (χ0) is 22.0. The lowest BCUT2D eigenvalue weighted by Crippen LogP contribution is -2.13. The Balaban J connectivity index is 1.69. The molecule has 0 aliphatic rings. The minimum atomic E-state index is -2.98. The zero-order valence-corrected chi connectivity index (χ0v) is 16.7. The smallest absolute Gasteiger partial charge is 0.387 e. The number of carbonyl (C=O) groups excluding carboxylic acids is 1. The SMILES string of the molecule is COc1ccc(-c2cc(NC(=O)c3c(C)nn4cccnc34)ccc2OC(F)F)cc1. The first-order valence-corrected chi connectivity index (χ1v) is 9.31. The molecule has 4 aromatic rings. The molecule has 7 nitrogen and oxygen atoms in total. The molecular weight excluding hydrogens is 406 g/mol. The molecule has 0 spiro atoms. The number of amides is 1. The van der Waals surface area contributed by atoms with E-state index < -0.39 is 12.5 Å². The number of aromatic nitrogens is 3. The van der Waals surface area contributed by atoms with Crippen molar-refractivity contribution >= 4 is 17.2 Å². The van der Waals surface area contributed by atoms with Gasteiger partial charge >= 0.3 is 6.61 Å². The first kappa shape index (κ1) is 20.3. The molecule has 0 fully saturated rings. The maximum atomic E-state index is 12.9. The van der Waals surface area contributed by atoms with Crippen LogP contribution in [0.25, 0.3) is 16.8 Å². The molecule has 2 aromatic carbocycles. The van der Waals surface area contributed by atoms with E-state index in [0.29, 0.717) is 39.5 Å². The van der Waals surface area contributed by atoms with Gasteiger partial charge in [0, 0.05) is 23.6 Å². The Morgan fingerprint density at radius 3 is 2.65 bits per heavy atom. The Labute approximate surface area is 176 Å². The van der Waals surface area contributed by atoms with Crippen molar-refractivity contribution in [2.75, 3.05) is 12.4 Å². The predicted molar refractivity (Wildman–Crippen MR) is 111 cm³/mol. The molecule has 1 N–H and O–H groups in total. The highest BCUT2D eigenvalue weighted by Crippen LogP contribution is 2.35. The molecular formula is C22H18F2N4O3. The minimum absolute atomic E-state index is 0.00741. The van der Waals surface area contributed by atoms with E-state index >= 15 is 0 Å². The van der Waals surface area contributed by atoms with Crippen LogP contribution in [0.4, 0.5) is 14.5 Å². The third-order valence-corrected chi connectivity index (χ3v) is 4.65. The van der Waals surface area contributed by atoms with Crippen LogP contribution in [0.3, 0.4) is 0 Å². The summed E-state index contributed by atoms with van der Waals surface area (Å²) in [4.78, 5) is 17.1. The molecule has 2 aromatic heterocycles. The number of alkyl halides is 2. The largest absolute Gasteiger partial charge is 0.497 e.